The Morgan fingerprint density at radius 3 is 2.88 bits per heavy atom. The molecule has 4 heteroatoms. The highest BCUT2D eigenvalue weighted by atomic mass is 35.5. The third kappa shape index (κ3) is 3.41. The quantitative estimate of drug-likeness (QED) is 0.873. The molecule has 1 aromatic rings. The predicted molar refractivity (Wildman–Crippen MR) is 68.5 cm³/mol. The zero-order valence-corrected chi connectivity index (χ0v) is 10.5. The van der Waals surface area contributed by atoms with Crippen LogP contribution >= 0.6 is 11.6 Å². The topological polar surface area (TPSA) is 38.0 Å². The summed E-state index contributed by atoms with van der Waals surface area (Å²) in [5.41, 5.74) is 6.64. The lowest BCUT2D eigenvalue weighted by molar-refractivity contribution is 0.325. The number of benzene rings is 1. The Labute approximate surface area is 106 Å². The van der Waals surface area contributed by atoms with E-state index < -0.39 is 0 Å². The lowest BCUT2D eigenvalue weighted by Crippen LogP contribution is -2.46. The van der Waals surface area contributed by atoms with Gasteiger partial charge in [-0.15, -0.1) is 0 Å². The predicted octanol–water partition coefficient (Wildman–Crippen LogP) is 2.84. The van der Waals surface area contributed by atoms with Crippen LogP contribution in [0, 0.1) is 5.82 Å². The molecular formula is C13H18ClFN2. The van der Waals surface area contributed by atoms with Gasteiger partial charge in [-0.1, -0.05) is 24.4 Å². The van der Waals surface area contributed by atoms with Crippen LogP contribution < -0.4 is 11.1 Å². The summed E-state index contributed by atoms with van der Waals surface area (Å²) in [7, 11) is 0. The van der Waals surface area contributed by atoms with Crippen LogP contribution in [0.1, 0.15) is 31.2 Å². The molecule has 1 fully saturated rings. The molecule has 1 aromatic carbocycles. The van der Waals surface area contributed by atoms with Crippen molar-refractivity contribution in [2.45, 2.75) is 44.3 Å². The van der Waals surface area contributed by atoms with Crippen molar-refractivity contribution in [2.75, 3.05) is 0 Å². The van der Waals surface area contributed by atoms with Gasteiger partial charge in [0.2, 0.25) is 0 Å². The number of nitrogens with two attached hydrogens (primary N) is 1. The van der Waals surface area contributed by atoms with Crippen LogP contribution in [0.3, 0.4) is 0 Å². The van der Waals surface area contributed by atoms with E-state index in [0.29, 0.717) is 23.2 Å². The van der Waals surface area contributed by atoms with Crippen LogP contribution in [-0.4, -0.2) is 12.1 Å². The van der Waals surface area contributed by atoms with Gasteiger partial charge in [0.25, 0.3) is 0 Å². The third-order valence-corrected chi connectivity index (χ3v) is 3.62. The molecule has 0 heterocycles. The molecule has 2 nitrogen and oxygen atoms in total. The molecule has 2 unspecified atom stereocenters. The fourth-order valence-corrected chi connectivity index (χ4v) is 2.53. The van der Waals surface area contributed by atoms with Crippen LogP contribution in [-0.2, 0) is 6.54 Å². The summed E-state index contributed by atoms with van der Waals surface area (Å²) in [4.78, 5) is 0. The molecule has 0 aliphatic heterocycles. The lowest BCUT2D eigenvalue weighted by Gasteiger charge is -2.29. The number of halogens is 2. The van der Waals surface area contributed by atoms with Crippen molar-refractivity contribution in [1.29, 1.82) is 0 Å². The molecule has 0 amide bonds. The smallest absolute Gasteiger partial charge is 0.127 e. The number of hydrogen-bond acceptors (Lipinski definition) is 2. The zero-order chi connectivity index (χ0) is 12.3. The molecule has 3 N–H and O–H groups in total. The Morgan fingerprint density at radius 2 is 2.12 bits per heavy atom. The van der Waals surface area contributed by atoms with Gasteiger partial charge in [-0.05, 0) is 31.0 Å². The summed E-state index contributed by atoms with van der Waals surface area (Å²) in [5, 5.41) is 3.90. The van der Waals surface area contributed by atoms with Crippen molar-refractivity contribution >= 4 is 11.6 Å². The first-order valence-corrected chi connectivity index (χ1v) is 6.47. The largest absolute Gasteiger partial charge is 0.326 e. The van der Waals surface area contributed by atoms with E-state index in [0.717, 1.165) is 12.8 Å². The fraction of sp³-hybridized carbons (Fsp3) is 0.538. The zero-order valence-electron chi connectivity index (χ0n) is 9.76. The van der Waals surface area contributed by atoms with Gasteiger partial charge in [0.05, 0.1) is 0 Å². The summed E-state index contributed by atoms with van der Waals surface area (Å²) in [6.45, 7) is 0.491. The molecular weight excluding hydrogens is 239 g/mol. The minimum absolute atomic E-state index is 0.186. The van der Waals surface area contributed by atoms with Crippen LogP contribution in [0.2, 0.25) is 5.02 Å². The summed E-state index contributed by atoms with van der Waals surface area (Å²) >= 11 is 5.85. The number of nitrogens with one attached hydrogen (secondary N) is 1. The van der Waals surface area contributed by atoms with Crippen molar-refractivity contribution in [3.63, 3.8) is 0 Å². The maximum Gasteiger partial charge on any atom is 0.127 e. The molecule has 0 radical (unpaired) electrons. The second-order valence-electron chi connectivity index (χ2n) is 4.67. The van der Waals surface area contributed by atoms with Gasteiger partial charge in [0.15, 0.2) is 0 Å². The highest BCUT2D eigenvalue weighted by Gasteiger charge is 2.21. The molecule has 1 saturated carbocycles. The van der Waals surface area contributed by atoms with Crippen molar-refractivity contribution in [3.8, 4) is 0 Å². The van der Waals surface area contributed by atoms with Gasteiger partial charge in [-0.3, -0.25) is 0 Å². The Bertz CT molecular complexity index is 384. The average molecular weight is 257 g/mol. The molecule has 0 bridgehead atoms. The molecule has 1 aliphatic carbocycles. The van der Waals surface area contributed by atoms with E-state index in [1.807, 2.05) is 0 Å². The molecule has 2 rings (SSSR count). The standard InChI is InChI=1S/C13H18ClFN2/c14-10-5-6-11(15)9(7-10)8-17-13-4-2-1-3-12(13)16/h5-7,12-13,17H,1-4,8,16H2. The molecule has 17 heavy (non-hydrogen) atoms. The van der Waals surface area contributed by atoms with Gasteiger partial charge in [-0.25, -0.2) is 4.39 Å². The van der Waals surface area contributed by atoms with Gasteiger partial charge in [0, 0.05) is 29.2 Å². The summed E-state index contributed by atoms with van der Waals surface area (Å²) < 4.78 is 13.5. The van der Waals surface area contributed by atoms with Crippen LogP contribution in [0.5, 0.6) is 0 Å². The van der Waals surface area contributed by atoms with Crippen molar-refractivity contribution in [3.05, 3.63) is 34.6 Å². The summed E-state index contributed by atoms with van der Waals surface area (Å²) in [6.07, 6.45) is 4.52. The molecule has 0 aromatic heterocycles. The first-order valence-electron chi connectivity index (χ1n) is 6.09. The van der Waals surface area contributed by atoms with Crippen LogP contribution in [0.4, 0.5) is 4.39 Å². The second-order valence-corrected chi connectivity index (χ2v) is 5.11. The van der Waals surface area contributed by atoms with E-state index in [1.54, 1.807) is 12.1 Å². The van der Waals surface area contributed by atoms with Gasteiger partial charge < -0.3 is 11.1 Å². The van der Waals surface area contributed by atoms with E-state index in [2.05, 4.69) is 5.32 Å². The molecule has 2 atom stereocenters. The maximum atomic E-state index is 13.5. The first-order chi connectivity index (χ1) is 8.16. The van der Waals surface area contributed by atoms with E-state index >= 15 is 0 Å². The van der Waals surface area contributed by atoms with Crippen molar-refractivity contribution in [1.82, 2.24) is 5.32 Å². The minimum Gasteiger partial charge on any atom is -0.326 e. The highest BCUT2D eigenvalue weighted by Crippen LogP contribution is 2.19. The Kier molecular flexibility index (Phi) is 4.37. The SMILES string of the molecule is NC1CCCCC1NCc1cc(Cl)ccc1F. The summed E-state index contributed by atoms with van der Waals surface area (Å²) in [5.74, 6) is -0.216. The van der Waals surface area contributed by atoms with Gasteiger partial charge >= 0.3 is 0 Å². The average Bonchev–Trinajstić information content (AvgIpc) is 2.32. The van der Waals surface area contributed by atoms with Gasteiger partial charge in [0.1, 0.15) is 5.82 Å². The first kappa shape index (κ1) is 12.8. The lowest BCUT2D eigenvalue weighted by atomic mass is 9.91. The van der Waals surface area contributed by atoms with E-state index in [4.69, 9.17) is 17.3 Å². The Balaban J connectivity index is 1.94. The summed E-state index contributed by atoms with van der Waals surface area (Å²) in [6, 6.07) is 5.11. The minimum atomic E-state index is -0.216. The number of rotatable bonds is 3. The van der Waals surface area contributed by atoms with E-state index in [-0.39, 0.29) is 11.9 Å². The number of hydrogen-bond donors (Lipinski definition) is 2. The molecule has 0 saturated heterocycles. The van der Waals surface area contributed by atoms with Crippen molar-refractivity contribution < 1.29 is 4.39 Å². The molecule has 94 valence electrons. The Morgan fingerprint density at radius 1 is 1.35 bits per heavy atom. The van der Waals surface area contributed by atoms with Crippen LogP contribution in [0.15, 0.2) is 18.2 Å². The van der Waals surface area contributed by atoms with Gasteiger partial charge in [-0.2, -0.15) is 0 Å². The monoisotopic (exact) mass is 256 g/mol. The maximum absolute atomic E-state index is 13.5. The molecule has 1 aliphatic rings. The third-order valence-electron chi connectivity index (χ3n) is 3.38. The van der Waals surface area contributed by atoms with E-state index in [9.17, 15) is 4.39 Å². The van der Waals surface area contributed by atoms with Crippen molar-refractivity contribution in [2.24, 2.45) is 5.73 Å². The van der Waals surface area contributed by atoms with E-state index in [1.165, 1.54) is 18.9 Å². The highest BCUT2D eigenvalue weighted by molar-refractivity contribution is 6.30. The second kappa shape index (κ2) is 5.80. The Hall–Kier alpha value is -0.640. The molecule has 0 spiro atoms. The van der Waals surface area contributed by atoms with Crippen LogP contribution in [0.25, 0.3) is 0 Å². The normalized spacial score (nSPS) is 24.9. The fourth-order valence-electron chi connectivity index (χ4n) is 2.33.